The van der Waals surface area contributed by atoms with Gasteiger partial charge in [0, 0.05) is 29.7 Å². The number of aliphatic hydroxyl groups excluding tert-OH is 1. The molecule has 3 aromatic carbocycles. The highest BCUT2D eigenvalue weighted by molar-refractivity contribution is 6.30. The third-order valence-electron chi connectivity index (χ3n) is 5.38. The number of aliphatic hydroxyl groups is 1. The van der Waals surface area contributed by atoms with Crippen molar-refractivity contribution in [2.75, 3.05) is 34.5 Å². The van der Waals surface area contributed by atoms with Gasteiger partial charge in [-0.2, -0.15) is 0 Å². The molecule has 0 bridgehead atoms. The lowest BCUT2D eigenvalue weighted by Gasteiger charge is -2.15. The van der Waals surface area contributed by atoms with E-state index >= 15 is 0 Å². The van der Waals surface area contributed by atoms with Gasteiger partial charge in [-0.05, 0) is 47.5 Å². The molecule has 1 unspecified atom stereocenters. The molecule has 0 saturated heterocycles. The van der Waals surface area contributed by atoms with Gasteiger partial charge in [0.1, 0.15) is 30.0 Å². The van der Waals surface area contributed by atoms with Crippen molar-refractivity contribution in [3.05, 3.63) is 88.4 Å². The van der Waals surface area contributed by atoms with Gasteiger partial charge in [0.15, 0.2) is 0 Å². The molecule has 8 heteroatoms. The number of carbonyl (C=O) groups excluding carboxylic acids is 1. The maximum atomic E-state index is 12.4. The molecule has 0 aliphatic carbocycles. The average Bonchev–Trinajstić information content (AvgIpc) is 2.91. The highest BCUT2D eigenvalue weighted by Gasteiger charge is 2.13. The van der Waals surface area contributed by atoms with Gasteiger partial charge in [-0.25, -0.2) is 4.79 Å². The summed E-state index contributed by atoms with van der Waals surface area (Å²) in [5.41, 5.74) is 2.86. The van der Waals surface area contributed by atoms with Crippen molar-refractivity contribution in [3.63, 3.8) is 0 Å². The van der Waals surface area contributed by atoms with Crippen molar-refractivity contribution >= 4 is 29.2 Å². The minimum atomic E-state index is -0.718. The monoisotopic (exact) mass is 511 g/mol. The lowest BCUT2D eigenvalue weighted by molar-refractivity contribution is -0.133. The number of rotatable bonds is 12. The van der Waals surface area contributed by atoms with E-state index in [2.05, 4.69) is 5.32 Å². The van der Waals surface area contributed by atoms with Crippen molar-refractivity contribution in [1.29, 1.82) is 0 Å². The van der Waals surface area contributed by atoms with Gasteiger partial charge in [-0.1, -0.05) is 41.9 Å². The smallest absolute Gasteiger partial charge is 0.338 e. The third-order valence-corrected chi connectivity index (χ3v) is 5.64. The molecule has 1 atom stereocenters. The summed E-state index contributed by atoms with van der Waals surface area (Å²) < 4.78 is 21.3. The Labute approximate surface area is 216 Å². The molecule has 190 valence electrons. The first-order valence-corrected chi connectivity index (χ1v) is 11.7. The maximum absolute atomic E-state index is 12.4. The normalized spacial score (nSPS) is 12.1. The summed E-state index contributed by atoms with van der Waals surface area (Å²) in [6.45, 7) is 0.968. The van der Waals surface area contributed by atoms with Crippen molar-refractivity contribution in [2.24, 2.45) is 0 Å². The molecule has 3 rings (SSSR count). The summed E-state index contributed by atoms with van der Waals surface area (Å²) in [5, 5.41) is 14.1. The average molecular weight is 512 g/mol. The minimum Gasteiger partial charge on any atom is -0.497 e. The summed E-state index contributed by atoms with van der Waals surface area (Å²) in [6, 6.07) is 19.8. The van der Waals surface area contributed by atoms with Gasteiger partial charge >= 0.3 is 5.97 Å². The van der Waals surface area contributed by atoms with Crippen LogP contribution in [0, 0.1) is 0 Å². The van der Waals surface area contributed by atoms with Gasteiger partial charge in [-0.3, -0.25) is 0 Å². The molecule has 0 aromatic heterocycles. The van der Waals surface area contributed by atoms with Crippen LogP contribution in [0.3, 0.4) is 0 Å². The fourth-order valence-electron chi connectivity index (χ4n) is 3.45. The SMILES string of the molecule is COC(=O)/C(=C\c1ccc(Cl)cc1)c1ccc(OCC(O)CNCc2ccc(OC)cc2OC)cc1. The first-order valence-electron chi connectivity index (χ1n) is 11.3. The van der Waals surface area contributed by atoms with Crippen LogP contribution in [0.4, 0.5) is 0 Å². The van der Waals surface area contributed by atoms with Crippen molar-refractivity contribution in [3.8, 4) is 17.2 Å². The fourth-order valence-corrected chi connectivity index (χ4v) is 3.58. The number of ether oxygens (including phenoxy) is 4. The predicted octanol–water partition coefficient (Wildman–Crippen LogP) is 4.60. The van der Waals surface area contributed by atoms with Crippen molar-refractivity contribution < 1.29 is 28.8 Å². The van der Waals surface area contributed by atoms with E-state index in [1.807, 2.05) is 30.3 Å². The van der Waals surface area contributed by atoms with Crippen LogP contribution in [0.25, 0.3) is 11.6 Å². The van der Waals surface area contributed by atoms with E-state index < -0.39 is 12.1 Å². The number of hydrogen-bond donors (Lipinski definition) is 2. The molecule has 3 aromatic rings. The number of nitrogens with one attached hydrogen (secondary N) is 1. The summed E-state index contributed by atoms with van der Waals surface area (Å²) in [5.74, 6) is 1.55. The molecule has 0 fully saturated rings. The van der Waals surface area contributed by atoms with Crippen LogP contribution in [0.1, 0.15) is 16.7 Å². The predicted molar refractivity (Wildman–Crippen MR) is 141 cm³/mol. The van der Waals surface area contributed by atoms with Gasteiger partial charge in [0.2, 0.25) is 0 Å². The molecule has 0 aliphatic heterocycles. The zero-order valence-electron chi connectivity index (χ0n) is 20.5. The van der Waals surface area contributed by atoms with Crippen LogP contribution in [0.2, 0.25) is 5.02 Å². The second-order valence-corrected chi connectivity index (χ2v) is 8.34. The molecule has 36 heavy (non-hydrogen) atoms. The Balaban J connectivity index is 1.54. The summed E-state index contributed by atoms with van der Waals surface area (Å²) in [7, 11) is 4.55. The van der Waals surface area contributed by atoms with Crippen LogP contribution >= 0.6 is 11.6 Å². The number of benzene rings is 3. The molecule has 0 aliphatic rings. The van der Waals surface area contributed by atoms with Gasteiger partial charge in [-0.15, -0.1) is 0 Å². The van der Waals surface area contributed by atoms with Crippen LogP contribution in [0.15, 0.2) is 66.7 Å². The number of hydrogen-bond acceptors (Lipinski definition) is 7. The topological polar surface area (TPSA) is 86.3 Å². The quantitative estimate of drug-likeness (QED) is 0.209. The lowest BCUT2D eigenvalue weighted by Crippen LogP contribution is -2.31. The molecule has 0 heterocycles. The Morgan fingerprint density at radius 1 is 0.972 bits per heavy atom. The third kappa shape index (κ3) is 7.75. The van der Waals surface area contributed by atoms with Gasteiger partial charge in [0.25, 0.3) is 0 Å². The first kappa shape index (κ1) is 27.1. The van der Waals surface area contributed by atoms with E-state index in [-0.39, 0.29) is 6.61 Å². The van der Waals surface area contributed by atoms with E-state index in [1.165, 1.54) is 7.11 Å². The molecule has 0 amide bonds. The Morgan fingerprint density at radius 3 is 2.31 bits per heavy atom. The zero-order valence-corrected chi connectivity index (χ0v) is 21.2. The van der Waals surface area contributed by atoms with Crippen molar-refractivity contribution in [1.82, 2.24) is 5.32 Å². The summed E-state index contributed by atoms with van der Waals surface area (Å²) >= 11 is 5.95. The highest BCUT2D eigenvalue weighted by Crippen LogP contribution is 2.25. The Kier molecular flexibility index (Phi) is 10.2. The number of halogens is 1. The van der Waals surface area contributed by atoms with E-state index in [4.69, 9.17) is 30.5 Å². The molecule has 0 spiro atoms. The standard InChI is InChI=1S/C28H30ClNO6/c1-33-25-13-8-21(27(15-25)34-2)16-30-17-23(31)18-36-24-11-6-20(7-12-24)26(28(32)35-3)14-19-4-9-22(29)10-5-19/h4-15,23,30-31H,16-18H2,1-3H3/b26-14-. The van der Waals surface area contributed by atoms with E-state index in [0.717, 1.165) is 11.1 Å². The molecular formula is C28H30ClNO6. The molecular weight excluding hydrogens is 482 g/mol. The second kappa shape index (κ2) is 13.5. The molecule has 2 N–H and O–H groups in total. The molecule has 0 radical (unpaired) electrons. The maximum Gasteiger partial charge on any atom is 0.338 e. The fraction of sp³-hybridized carbons (Fsp3) is 0.250. The van der Waals surface area contributed by atoms with Gasteiger partial charge in [0.05, 0.1) is 26.9 Å². The summed E-state index contributed by atoms with van der Waals surface area (Å²) in [4.78, 5) is 12.4. The zero-order chi connectivity index (χ0) is 25.9. The molecule has 0 saturated carbocycles. The number of methoxy groups -OCH3 is 3. The van der Waals surface area contributed by atoms with E-state index in [0.29, 0.717) is 46.5 Å². The van der Waals surface area contributed by atoms with Crippen LogP contribution in [-0.2, 0) is 16.1 Å². The molecule has 7 nitrogen and oxygen atoms in total. The summed E-state index contributed by atoms with van der Waals surface area (Å²) in [6.07, 6.45) is 1.02. The highest BCUT2D eigenvalue weighted by atomic mass is 35.5. The van der Waals surface area contributed by atoms with E-state index in [9.17, 15) is 9.90 Å². The number of carbonyl (C=O) groups is 1. The van der Waals surface area contributed by atoms with Crippen LogP contribution < -0.4 is 19.5 Å². The second-order valence-electron chi connectivity index (χ2n) is 7.90. The number of esters is 1. The van der Waals surface area contributed by atoms with Crippen LogP contribution in [-0.4, -0.2) is 51.7 Å². The largest absolute Gasteiger partial charge is 0.497 e. The Morgan fingerprint density at radius 2 is 1.67 bits per heavy atom. The van der Waals surface area contributed by atoms with Crippen LogP contribution in [0.5, 0.6) is 17.2 Å². The minimum absolute atomic E-state index is 0.108. The Hall–Kier alpha value is -3.52. The lowest BCUT2D eigenvalue weighted by atomic mass is 10.0. The van der Waals surface area contributed by atoms with E-state index in [1.54, 1.807) is 56.7 Å². The first-order chi connectivity index (χ1) is 17.4. The Bertz CT molecular complexity index is 1160. The van der Waals surface area contributed by atoms with Crippen molar-refractivity contribution in [2.45, 2.75) is 12.6 Å². The van der Waals surface area contributed by atoms with Gasteiger partial charge < -0.3 is 29.4 Å².